The number of nitrogens with zero attached hydrogens (tertiary/aromatic N) is 1. The van der Waals surface area contributed by atoms with Gasteiger partial charge in [0.2, 0.25) is 5.82 Å². The number of nitrogens with one attached hydrogen (secondary N) is 2. The lowest BCUT2D eigenvalue weighted by Gasteiger charge is -2.18. The molecule has 1 amide bonds. The average Bonchev–Trinajstić information content (AvgIpc) is 3.22. The molecule has 9 nitrogen and oxygen atoms in total. The van der Waals surface area contributed by atoms with Crippen LogP contribution in [0.25, 0.3) is 10.2 Å². The summed E-state index contributed by atoms with van der Waals surface area (Å²) in [6.45, 7) is 0.554. The van der Waals surface area contributed by atoms with Crippen LogP contribution < -0.4 is 21.3 Å². The summed E-state index contributed by atoms with van der Waals surface area (Å²) >= 11 is 1.34. The molecule has 0 radical (unpaired) electrons. The number of carboxylic acids is 1. The van der Waals surface area contributed by atoms with E-state index in [-0.39, 0.29) is 30.7 Å². The molecule has 0 spiro atoms. The fraction of sp³-hybridized carbons (Fsp3) is 0.130. The number of halogens is 1. The normalized spacial score (nSPS) is 11.9. The molecule has 5 N–H and O–H groups in total. The van der Waals surface area contributed by atoms with Crippen molar-refractivity contribution in [3.63, 3.8) is 0 Å². The fourth-order valence-corrected chi connectivity index (χ4v) is 4.29. The third-order valence-electron chi connectivity index (χ3n) is 4.79. The number of thiophene rings is 1. The van der Waals surface area contributed by atoms with Crippen LogP contribution in [0.4, 0.5) is 5.69 Å². The van der Waals surface area contributed by atoms with Crippen LogP contribution in [0, 0.1) is 0 Å². The number of carbonyl (C=O) groups excluding carboxylic acids is 1. The van der Waals surface area contributed by atoms with Gasteiger partial charge in [0.05, 0.1) is 11.1 Å². The van der Waals surface area contributed by atoms with Gasteiger partial charge in [-0.05, 0) is 29.3 Å². The SMILES string of the molecule is Cl.NCc1ccc2c(c1)NC(=O)CO2.O=C(O)c1nc2sc(Cc3ccccc3)cc2c(=O)[nH]1. The molecular formula is C23H21ClN4O5S. The Morgan fingerprint density at radius 1 is 1.12 bits per heavy atom. The molecule has 11 heteroatoms. The van der Waals surface area contributed by atoms with Crippen molar-refractivity contribution in [2.45, 2.75) is 13.0 Å². The van der Waals surface area contributed by atoms with Gasteiger partial charge < -0.3 is 25.9 Å². The van der Waals surface area contributed by atoms with E-state index < -0.39 is 11.5 Å². The topological polar surface area (TPSA) is 147 Å². The molecule has 0 saturated carbocycles. The maximum atomic E-state index is 11.8. The summed E-state index contributed by atoms with van der Waals surface area (Å²) < 4.78 is 5.18. The number of ether oxygens (including phenoxy) is 1. The van der Waals surface area contributed by atoms with Crippen LogP contribution in [-0.4, -0.2) is 33.6 Å². The minimum Gasteiger partial charge on any atom is -0.482 e. The largest absolute Gasteiger partial charge is 0.482 e. The minimum atomic E-state index is -1.23. The summed E-state index contributed by atoms with van der Waals surface area (Å²) in [4.78, 5) is 41.3. The number of anilines is 1. The van der Waals surface area contributed by atoms with E-state index in [1.54, 1.807) is 6.07 Å². The maximum Gasteiger partial charge on any atom is 0.372 e. The van der Waals surface area contributed by atoms with Gasteiger partial charge in [0.25, 0.3) is 11.5 Å². The van der Waals surface area contributed by atoms with E-state index in [9.17, 15) is 14.4 Å². The Balaban J connectivity index is 0.000000201. The quantitative estimate of drug-likeness (QED) is 0.336. The molecule has 0 aliphatic carbocycles. The number of amides is 1. The number of carbonyl (C=O) groups is 2. The molecule has 1 aliphatic heterocycles. The van der Waals surface area contributed by atoms with E-state index in [4.69, 9.17) is 15.6 Å². The van der Waals surface area contributed by atoms with Crippen molar-refractivity contribution >= 4 is 51.5 Å². The average molecular weight is 501 g/mol. The number of fused-ring (bicyclic) bond motifs is 2. The Labute approximate surface area is 204 Å². The fourth-order valence-electron chi connectivity index (χ4n) is 3.22. The van der Waals surface area contributed by atoms with Crippen LogP contribution in [0.5, 0.6) is 5.75 Å². The molecule has 5 rings (SSSR count). The molecule has 34 heavy (non-hydrogen) atoms. The van der Waals surface area contributed by atoms with E-state index in [0.29, 0.717) is 34.6 Å². The molecule has 2 aromatic heterocycles. The molecule has 1 aliphatic rings. The van der Waals surface area contributed by atoms with Gasteiger partial charge in [-0.2, -0.15) is 0 Å². The molecule has 0 saturated heterocycles. The van der Waals surface area contributed by atoms with Crippen molar-refractivity contribution in [1.29, 1.82) is 0 Å². The summed E-state index contributed by atoms with van der Waals surface area (Å²) in [5.74, 6) is -0.976. The van der Waals surface area contributed by atoms with Crippen LogP contribution in [0.2, 0.25) is 0 Å². The number of hydrogen-bond donors (Lipinski definition) is 4. The predicted molar refractivity (Wildman–Crippen MR) is 132 cm³/mol. The zero-order valence-electron chi connectivity index (χ0n) is 17.7. The summed E-state index contributed by atoms with van der Waals surface area (Å²) in [5.41, 5.74) is 7.87. The van der Waals surface area contributed by atoms with Crippen LogP contribution in [-0.2, 0) is 17.8 Å². The van der Waals surface area contributed by atoms with Crippen LogP contribution in [0.1, 0.15) is 26.6 Å². The van der Waals surface area contributed by atoms with Crippen molar-refractivity contribution < 1.29 is 19.4 Å². The zero-order valence-corrected chi connectivity index (χ0v) is 19.4. The molecular weight excluding hydrogens is 480 g/mol. The number of rotatable bonds is 4. The van der Waals surface area contributed by atoms with Crippen molar-refractivity contribution in [3.8, 4) is 5.75 Å². The maximum absolute atomic E-state index is 11.8. The van der Waals surface area contributed by atoms with Crippen molar-refractivity contribution in [1.82, 2.24) is 9.97 Å². The van der Waals surface area contributed by atoms with Gasteiger partial charge in [-0.1, -0.05) is 36.4 Å². The lowest BCUT2D eigenvalue weighted by Crippen LogP contribution is -2.25. The Hall–Kier alpha value is -3.73. The van der Waals surface area contributed by atoms with Crippen LogP contribution in [0.15, 0.2) is 59.4 Å². The molecule has 0 unspecified atom stereocenters. The Morgan fingerprint density at radius 2 is 1.88 bits per heavy atom. The number of aromatic carboxylic acids is 1. The van der Waals surface area contributed by atoms with Gasteiger partial charge in [-0.3, -0.25) is 9.59 Å². The van der Waals surface area contributed by atoms with Crippen molar-refractivity contribution in [2.24, 2.45) is 5.73 Å². The summed E-state index contributed by atoms with van der Waals surface area (Å²) in [6, 6.07) is 17.2. The minimum absolute atomic E-state index is 0. The van der Waals surface area contributed by atoms with E-state index >= 15 is 0 Å². The highest BCUT2D eigenvalue weighted by Crippen LogP contribution is 2.28. The number of hydrogen-bond acceptors (Lipinski definition) is 7. The predicted octanol–water partition coefficient (Wildman–Crippen LogP) is 3.17. The second-order valence-electron chi connectivity index (χ2n) is 7.19. The molecule has 0 atom stereocenters. The highest BCUT2D eigenvalue weighted by atomic mass is 35.5. The number of carboxylic acid groups (broad SMARTS) is 1. The van der Waals surface area contributed by atoms with Crippen LogP contribution in [0.3, 0.4) is 0 Å². The first kappa shape index (κ1) is 24.9. The number of aromatic nitrogens is 2. The van der Waals surface area contributed by atoms with E-state index in [0.717, 1.165) is 16.0 Å². The number of nitrogens with two attached hydrogens (primary N) is 1. The van der Waals surface area contributed by atoms with Gasteiger partial charge >= 0.3 is 5.97 Å². The Bertz CT molecular complexity index is 1390. The number of benzene rings is 2. The number of aromatic amines is 1. The molecule has 2 aromatic carbocycles. The van der Waals surface area contributed by atoms with Gasteiger partial charge in [0, 0.05) is 17.8 Å². The Morgan fingerprint density at radius 3 is 2.59 bits per heavy atom. The molecule has 4 aromatic rings. The van der Waals surface area contributed by atoms with E-state index in [1.165, 1.54) is 11.3 Å². The number of H-pyrrole nitrogens is 1. The molecule has 0 fully saturated rings. The monoisotopic (exact) mass is 500 g/mol. The van der Waals surface area contributed by atoms with Crippen molar-refractivity contribution in [2.75, 3.05) is 11.9 Å². The standard InChI is InChI=1S/C14H10N2O3S.C9H10N2O2.ClH/c17-12-10-7-9(6-8-4-2-1-3-5-8)20-13(10)16-11(15-12)14(18)19;10-4-6-1-2-8-7(3-6)11-9(12)5-13-8;/h1-5,7H,6H2,(H,18,19)(H,15,16,17);1-3H,4-5,10H2,(H,11,12);1H. The lowest BCUT2D eigenvalue weighted by atomic mass is 10.1. The first-order valence-electron chi connectivity index (χ1n) is 9.98. The second kappa shape index (κ2) is 10.9. The highest BCUT2D eigenvalue weighted by molar-refractivity contribution is 7.18. The van der Waals surface area contributed by atoms with Crippen LogP contribution >= 0.6 is 23.7 Å². The molecule has 0 bridgehead atoms. The first-order valence-corrected chi connectivity index (χ1v) is 10.8. The molecule has 3 heterocycles. The first-order chi connectivity index (χ1) is 15.9. The Kier molecular flexibility index (Phi) is 8.00. The zero-order chi connectivity index (χ0) is 23.4. The lowest BCUT2D eigenvalue weighted by molar-refractivity contribution is -0.118. The third kappa shape index (κ3) is 5.79. The highest BCUT2D eigenvalue weighted by Gasteiger charge is 2.15. The summed E-state index contributed by atoms with van der Waals surface area (Å²) in [6.07, 6.45) is 0.698. The summed E-state index contributed by atoms with van der Waals surface area (Å²) in [5, 5.41) is 12.0. The van der Waals surface area contributed by atoms with Gasteiger partial charge in [-0.15, -0.1) is 23.7 Å². The third-order valence-corrected chi connectivity index (χ3v) is 5.82. The van der Waals surface area contributed by atoms with E-state index in [1.807, 2.05) is 48.5 Å². The van der Waals surface area contributed by atoms with Gasteiger partial charge in [-0.25, -0.2) is 9.78 Å². The summed E-state index contributed by atoms with van der Waals surface area (Å²) in [7, 11) is 0. The smallest absolute Gasteiger partial charge is 0.372 e. The van der Waals surface area contributed by atoms with Crippen molar-refractivity contribution in [3.05, 3.63) is 86.8 Å². The van der Waals surface area contributed by atoms with E-state index in [2.05, 4.69) is 15.3 Å². The molecule has 176 valence electrons. The van der Waals surface area contributed by atoms with Gasteiger partial charge in [0.15, 0.2) is 6.61 Å². The van der Waals surface area contributed by atoms with Gasteiger partial charge in [0.1, 0.15) is 10.6 Å². The second-order valence-corrected chi connectivity index (χ2v) is 8.30.